The molecule has 0 fully saturated rings. The van der Waals surface area contributed by atoms with Gasteiger partial charge in [-0.15, -0.1) is 0 Å². The summed E-state index contributed by atoms with van der Waals surface area (Å²) in [5.74, 6) is -3.44. The van der Waals surface area contributed by atoms with E-state index in [9.17, 15) is 27.9 Å². The first-order valence-electron chi connectivity index (χ1n) is 5.08. The summed E-state index contributed by atoms with van der Waals surface area (Å²) in [7, 11) is 0.640. The lowest BCUT2D eigenvalue weighted by Gasteiger charge is -2.28. The number of esters is 1. The second kappa shape index (κ2) is 5.68. The molecule has 0 aliphatic heterocycles. The van der Waals surface area contributed by atoms with Crippen molar-refractivity contribution in [2.24, 2.45) is 0 Å². The van der Waals surface area contributed by atoms with Crippen molar-refractivity contribution in [2.75, 3.05) is 7.11 Å². The van der Waals surface area contributed by atoms with Gasteiger partial charge in [-0.3, -0.25) is 4.79 Å². The second-order valence-electron chi connectivity index (χ2n) is 3.63. The van der Waals surface area contributed by atoms with Gasteiger partial charge in [-0.25, -0.2) is 4.79 Å². The Labute approximate surface area is 116 Å². The fourth-order valence-electron chi connectivity index (χ4n) is 1.26. The van der Waals surface area contributed by atoms with Crippen LogP contribution in [0, 0.1) is 0 Å². The molecule has 2 N–H and O–H groups in total. The highest BCUT2D eigenvalue weighted by molar-refractivity contribution is 6.33. The third-order valence-electron chi connectivity index (χ3n) is 2.30. The molecule has 0 heterocycles. The van der Waals surface area contributed by atoms with E-state index in [1.54, 1.807) is 0 Å². The predicted octanol–water partition coefficient (Wildman–Crippen LogP) is 1.49. The summed E-state index contributed by atoms with van der Waals surface area (Å²) in [5, 5.41) is 10.4. The molecule has 0 aliphatic carbocycles. The molecule has 1 rings (SSSR count). The Kier molecular flexibility index (Phi) is 4.61. The minimum atomic E-state index is -5.46. The van der Waals surface area contributed by atoms with Crippen LogP contribution in [0.4, 0.5) is 13.2 Å². The number of benzene rings is 1. The van der Waals surface area contributed by atoms with Crippen molar-refractivity contribution in [1.29, 1.82) is 0 Å². The van der Waals surface area contributed by atoms with Crippen molar-refractivity contribution in [3.05, 3.63) is 34.9 Å². The zero-order chi connectivity index (χ0) is 15.6. The average molecular weight is 312 g/mol. The second-order valence-corrected chi connectivity index (χ2v) is 4.04. The molecule has 0 aromatic heterocycles. The first-order chi connectivity index (χ1) is 9.13. The van der Waals surface area contributed by atoms with E-state index in [1.807, 2.05) is 0 Å². The van der Waals surface area contributed by atoms with Crippen molar-refractivity contribution < 1.29 is 32.6 Å². The lowest BCUT2D eigenvalue weighted by Crippen LogP contribution is -2.64. The van der Waals surface area contributed by atoms with Crippen molar-refractivity contribution in [1.82, 2.24) is 5.32 Å². The Bertz CT molecular complexity index is 535. The van der Waals surface area contributed by atoms with Crippen molar-refractivity contribution >= 4 is 23.5 Å². The molecular weight excluding hydrogens is 303 g/mol. The van der Waals surface area contributed by atoms with Crippen LogP contribution in [0.3, 0.4) is 0 Å². The lowest BCUT2D eigenvalue weighted by molar-refractivity contribution is -0.268. The van der Waals surface area contributed by atoms with Crippen LogP contribution >= 0.6 is 11.6 Å². The molecule has 0 saturated carbocycles. The van der Waals surface area contributed by atoms with Crippen LogP contribution in [-0.2, 0) is 9.53 Å². The Morgan fingerprint density at radius 3 is 2.30 bits per heavy atom. The predicted molar refractivity (Wildman–Crippen MR) is 61.9 cm³/mol. The largest absolute Gasteiger partial charge is 0.465 e. The van der Waals surface area contributed by atoms with Gasteiger partial charge in [0.2, 0.25) is 0 Å². The Balaban J connectivity index is 3.13. The van der Waals surface area contributed by atoms with Crippen molar-refractivity contribution in [3.63, 3.8) is 0 Å². The van der Waals surface area contributed by atoms with Gasteiger partial charge in [-0.05, 0) is 12.1 Å². The van der Waals surface area contributed by atoms with Crippen LogP contribution in [0.25, 0.3) is 0 Å². The van der Waals surface area contributed by atoms with E-state index in [-0.39, 0.29) is 10.6 Å². The molecule has 0 bridgehead atoms. The zero-order valence-corrected chi connectivity index (χ0v) is 10.7. The van der Waals surface area contributed by atoms with Crippen LogP contribution in [0.15, 0.2) is 24.3 Å². The molecule has 0 aliphatic rings. The standard InChI is InChI=1S/C11H9ClF3NO4/c1-20-9(18)10(19,11(13,14)15)16-8(17)6-4-2-3-5-7(6)12/h2-5,19H,1H3,(H,16,17)/t10-/m1/s1. The van der Waals surface area contributed by atoms with E-state index >= 15 is 0 Å². The number of rotatable bonds is 3. The zero-order valence-electron chi connectivity index (χ0n) is 9.99. The normalized spacial score (nSPS) is 14.3. The summed E-state index contributed by atoms with van der Waals surface area (Å²) >= 11 is 5.64. The molecule has 5 nitrogen and oxygen atoms in total. The molecule has 110 valence electrons. The topological polar surface area (TPSA) is 75.6 Å². The minimum Gasteiger partial charge on any atom is -0.465 e. The van der Waals surface area contributed by atoms with E-state index in [1.165, 1.54) is 23.5 Å². The van der Waals surface area contributed by atoms with Gasteiger partial charge in [-0.1, -0.05) is 23.7 Å². The molecule has 20 heavy (non-hydrogen) atoms. The van der Waals surface area contributed by atoms with Crippen molar-refractivity contribution in [3.8, 4) is 0 Å². The van der Waals surface area contributed by atoms with Gasteiger partial charge in [0, 0.05) is 0 Å². The smallest absolute Gasteiger partial charge is 0.448 e. The van der Waals surface area contributed by atoms with E-state index < -0.39 is 23.8 Å². The summed E-state index contributed by atoms with van der Waals surface area (Å²) in [6.45, 7) is 0. The molecular formula is C11H9ClF3NO4. The monoisotopic (exact) mass is 311 g/mol. The summed E-state index contributed by atoms with van der Waals surface area (Å²) in [4.78, 5) is 22.8. The number of ether oxygens (including phenoxy) is 1. The quantitative estimate of drug-likeness (QED) is 0.655. The van der Waals surface area contributed by atoms with Crippen molar-refractivity contribution in [2.45, 2.75) is 11.9 Å². The number of hydrogen-bond acceptors (Lipinski definition) is 4. The van der Waals surface area contributed by atoms with E-state index in [2.05, 4.69) is 4.74 Å². The maximum atomic E-state index is 12.7. The summed E-state index contributed by atoms with van der Waals surface area (Å²) in [6.07, 6.45) is -5.46. The fraction of sp³-hybridized carbons (Fsp3) is 0.273. The van der Waals surface area contributed by atoms with Gasteiger partial charge >= 0.3 is 17.9 Å². The minimum absolute atomic E-state index is 0.139. The molecule has 0 spiro atoms. The highest BCUT2D eigenvalue weighted by atomic mass is 35.5. The van der Waals surface area contributed by atoms with Crippen LogP contribution < -0.4 is 5.32 Å². The van der Waals surface area contributed by atoms with Gasteiger partial charge in [0.25, 0.3) is 5.91 Å². The molecule has 1 amide bonds. The number of carbonyl (C=O) groups excluding carboxylic acids is 2. The van der Waals surface area contributed by atoms with Gasteiger partial charge in [0.15, 0.2) is 0 Å². The summed E-state index contributed by atoms with van der Waals surface area (Å²) in [5.41, 5.74) is -4.49. The van der Waals surface area contributed by atoms with Gasteiger partial charge in [0.05, 0.1) is 17.7 Å². The molecule has 0 radical (unpaired) electrons. The highest BCUT2D eigenvalue weighted by Gasteiger charge is 2.62. The summed E-state index contributed by atoms with van der Waals surface area (Å²) < 4.78 is 42.0. The van der Waals surface area contributed by atoms with Gasteiger partial charge < -0.3 is 15.2 Å². The van der Waals surface area contributed by atoms with E-state index in [0.29, 0.717) is 7.11 Å². The number of nitrogens with one attached hydrogen (secondary N) is 1. The fourth-order valence-corrected chi connectivity index (χ4v) is 1.48. The molecule has 0 saturated heterocycles. The maximum Gasteiger partial charge on any atom is 0.448 e. The van der Waals surface area contributed by atoms with Crippen LogP contribution in [0.2, 0.25) is 5.02 Å². The highest BCUT2D eigenvalue weighted by Crippen LogP contribution is 2.30. The summed E-state index contributed by atoms with van der Waals surface area (Å²) in [6, 6.07) is 5.20. The van der Waals surface area contributed by atoms with Gasteiger partial charge in [-0.2, -0.15) is 13.2 Å². The lowest BCUT2D eigenvalue weighted by atomic mass is 10.1. The number of halogens is 4. The van der Waals surface area contributed by atoms with Crippen LogP contribution in [0.5, 0.6) is 0 Å². The maximum absolute atomic E-state index is 12.7. The number of carbonyl (C=O) groups is 2. The molecule has 9 heteroatoms. The SMILES string of the molecule is COC(=O)[C@](O)(NC(=O)c1ccccc1Cl)C(F)(F)F. The van der Waals surface area contributed by atoms with E-state index in [4.69, 9.17) is 11.6 Å². The number of aliphatic hydroxyl groups is 1. The Morgan fingerprint density at radius 1 is 1.30 bits per heavy atom. The van der Waals surface area contributed by atoms with E-state index in [0.717, 1.165) is 6.07 Å². The number of alkyl halides is 3. The first-order valence-corrected chi connectivity index (χ1v) is 5.46. The third-order valence-corrected chi connectivity index (χ3v) is 2.63. The van der Waals surface area contributed by atoms with Crippen LogP contribution in [-0.4, -0.2) is 36.0 Å². The Morgan fingerprint density at radius 2 is 1.85 bits per heavy atom. The number of methoxy groups -OCH3 is 1. The average Bonchev–Trinajstić information content (AvgIpc) is 2.36. The third kappa shape index (κ3) is 3.02. The van der Waals surface area contributed by atoms with Gasteiger partial charge in [0.1, 0.15) is 0 Å². The number of amides is 1. The first kappa shape index (κ1) is 16.3. The van der Waals surface area contributed by atoms with Crippen LogP contribution in [0.1, 0.15) is 10.4 Å². The molecule has 1 aromatic rings. The molecule has 0 unspecified atom stereocenters. The number of hydrogen-bond donors (Lipinski definition) is 2. The molecule has 1 atom stereocenters. The Hall–Kier alpha value is -1.80. The molecule has 1 aromatic carbocycles.